The van der Waals surface area contributed by atoms with Gasteiger partial charge in [-0.2, -0.15) is 0 Å². The van der Waals surface area contributed by atoms with Crippen molar-refractivity contribution in [3.05, 3.63) is 34.9 Å². The van der Waals surface area contributed by atoms with Crippen molar-refractivity contribution in [3.8, 4) is 0 Å². The van der Waals surface area contributed by atoms with Crippen LogP contribution in [-0.4, -0.2) is 0 Å². The van der Waals surface area contributed by atoms with Crippen LogP contribution in [-0.2, 0) is 12.8 Å². The highest BCUT2D eigenvalue weighted by atomic mass is 15.2. The van der Waals surface area contributed by atoms with Gasteiger partial charge in [-0.3, -0.25) is 11.3 Å². The highest BCUT2D eigenvalue weighted by Gasteiger charge is 2.14. The summed E-state index contributed by atoms with van der Waals surface area (Å²) in [5.74, 6) is 5.68. The largest absolute Gasteiger partial charge is 0.271 e. The van der Waals surface area contributed by atoms with Crippen LogP contribution in [0.3, 0.4) is 0 Å². The SMILES string of the molecule is CCCCCC(NN)c1ccc2c(c1)CCC2. The molecule has 0 radical (unpaired) electrons. The number of hydrogen-bond acceptors (Lipinski definition) is 2. The predicted octanol–water partition coefficient (Wildman–Crippen LogP) is 3.26. The minimum absolute atomic E-state index is 0.326. The Morgan fingerprint density at radius 1 is 1.24 bits per heavy atom. The van der Waals surface area contributed by atoms with E-state index >= 15 is 0 Å². The molecule has 1 unspecified atom stereocenters. The van der Waals surface area contributed by atoms with E-state index in [0.717, 1.165) is 6.42 Å². The van der Waals surface area contributed by atoms with Crippen LogP contribution in [0.4, 0.5) is 0 Å². The molecule has 3 N–H and O–H groups in total. The number of fused-ring (bicyclic) bond motifs is 1. The van der Waals surface area contributed by atoms with Crippen molar-refractivity contribution in [3.63, 3.8) is 0 Å². The number of hydrogen-bond donors (Lipinski definition) is 2. The third-order valence-corrected chi connectivity index (χ3v) is 3.82. The van der Waals surface area contributed by atoms with Gasteiger partial charge in [0.05, 0.1) is 0 Å². The van der Waals surface area contributed by atoms with Crippen LogP contribution in [0.15, 0.2) is 18.2 Å². The molecule has 2 nitrogen and oxygen atoms in total. The lowest BCUT2D eigenvalue weighted by Gasteiger charge is -2.17. The van der Waals surface area contributed by atoms with Crippen LogP contribution in [0.2, 0.25) is 0 Å². The molecule has 1 aliphatic carbocycles. The fourth-order valence-electron chi connectivity index (χ4n) is 2.75. The lowest BCUT2D eigenvalue weighted by Crippen LogP contribution is -2.28. The van der Waals surface area contributed by atoms with Crippen LogP contribution in [0.1, 0.15) is 61.8 Å². The number of rotatable bonds is 6. The van der Waals surface area contributed by atoms with Gasteiger partial charge in [0.2, 0.25) is 0 Å². The van der Waals surface area contributed by atoms with Crippen molar-refractivity contribution >= 4 is 0 Å². The van der Waals surface area contributed by atoms with Gasteiger partial charge < -0.3 is 0 Å². The lowest BCUT2D eigenvalue weighted by atomic mass is 9.97. The average molecular weight is 232 g/mol. The number of unbranched alkanes of at least 4 members (excludes halogenated alkanes) is 2. The van der Waals surface area contributed by atoms with E-state index in [-0.39, 0.29) is 0 Å². The molecule has 0 aromatic heterocycles. The Bertz CT molecular complexity index is 360. The predicted molar refractivity (Wildman–Crippen MR) is 72.7 cm³/mol. The van der Waals surface area contributed by atoms with E-state index in [1.54, 1.807) is 5.56 Å². The normalized spacial score (nSPS) is 15.9. The minimum atomic E-state index is 0.326. The number of aryl methyl sites for hydroxylation is 2. The molecule has 1 aromatic rings. The second-order valence-electron chi connectivity index (χ2n) is 5.10. The average Bonchev–Trinajstić information content (AvgIpc) is 2.82. The van der Waals surface area contributed by atoms with Crippen molar-refractivity contribution in [2.24, 2.45) is 5.84 Å². The van der Waals surface area contributed by atoms with Crippen molar-refractivity contribution in [2.75, 3.05) is 0 Å². The second-order valence-corrected chi connectivity index (χ2v) is 5.10. The van der Waals surface area contributed by atoms with Crippen molar-refractivity contribution < 1.29 is 0 Å². The van der Waals surface area contributed by atoms with Crippen molar-refractivity contribution in [1.82, 2.24) is 5.43 Å². The Morgan fingerprint density at radius 3 is 2.82 bits per heavy atom. The van der Waals surface area contributed by atoms with Gasteiger partial charge in [-0.1, -0.05) is 44.4 Å². The van der Waals surface area contributed by atoms with Gasteiger partial charge in [-0.25, -0.2) is 0 Å². The molecule has 1 atom stereocenters. The number of benzene rings is 1. The number of nitrogens with two attached hydrogens (primary N) is 1. The molecule has 17 heavy (non-hydrogen) atoms. The van der Waals surface area contributed by atoms with Gasteiger partial charge in [-0.15, -0.1) is 0 Å². The smallest absolute Gasteiger partial charge is 0.0460 e. The molecule has 0 aliphatic heterocycles. The quantitative estimate of drug-likeness (QED) is 0.449. The second kappa shape index (κ2) is 6.18. The molecule has 2 heteroatoms. The van der Waals surface area contributed by atoms with E-state index in [0.29, 0.717) is 6.04 Å². The summed E-state index contributed by atoms with van der Waals surface area (Å²) in [6.45, 7) is 2.24. The standard InChI is InChI=1S/C15H24N2/c1-2-3-4-8-15(17-16)14-10-9-12-6-5-7-13(12)11-14/h9-11,15,17H,2-8,16H2,1H3. The molecule has 0 saturated heterocycles. The van der Waals surface area contributed by atoms with E-state index < -0.39 is 0 Å². The summed E-state index contributed by atoms with van der Waals surface area (Å²) < 4.78 is 0. The maximum Gasteiger partial charge on any atom is 0.0460 e. The van der Waals surface area contributed by atoms with Gasteiger partial charge in [0.25, 0.3) is 0 Å². The molecule has 94 valence electrons. The maximum atomic E-state index is 5.68. The first-order valence-corrected chi connectivity index (χ1v) is 6.93. The first-order chi connectivity index (χ1) is 8.35. The molecule has 1 aromatic carbocycles. The van der Waals surface area contributed by atoms with E-state index in [1.165, 1.54) is 49.7 Å². The van der Waals surface area contributed by atoms with Crippen LogP contribution >= 0.6 is 0 Å². The Hall–Kier alpha value is -0.860. The molecule has 0 amide bonds. The topological polar surface area (TPSA) is 38.0 Å². The highest BCUT2D eigenvalue weighted by molar-refractivity contribution is 5.36. The summed E-state index contributed by atoms with van der Waals surface area (Å²) in [5.41, 5.74) is 7.41. The Labute approximate surface area is 105 Å². The van der Waals surface area contributed by atoms with E-state index in [9.17, 15) is 0 Å². The zero-order valence-corrected chi connectivity index (χ0v) is 10.8. The van der Waals surface area contributed by atoms with Gasteiger partial charge in [0, 0.05) is 6.04 Å². The summed E-state index contributed by atoms with van der Waals surface area (Å²) in [6.07, 6.45) is 8.77. The molecule has 2 rings (SSSR count). The maximum absolute atomic E-state index is 5.68. The van der Waals surface area contributed by atoms with Crippen LogP contribution in [0.25, 0.3) is 0 Å². The molecular formula is C15H24N2. The van der Waals surface area contributed by atoms with Crippen LogP contribution in [0, 0.1) is 0 Å². The number of hydrazine groups is 1. The summed E-state index contributed by atoms with van der Waals surface area (Å²) in [7, 11) is 0. The molecule has 1 aliphatic rings. The van der Waals surface area contributed by atoms with Crippen molar-refractivity contribution in [2.45, 2.75) is 57.9 Å². The molecule has 0 saturated carbocycles. The minimum Gasteiger partial charge on any atom is -0.271 e. The summed E-state index contributed by atoms with van der Waals surface area (Å²) in [5, 5.41) is 0. The molecular weight excluding hydrogens is 208 g/mol. The lowest BCUT2D eigenvalue weighted by molar-refractivity contribution is 0.486. The molecule has 0 fully saturated rings. The van der Waals surface area contributed by atoms with Gasteiger partial charge in [-0.05, 0) is 42.4 Å². The number of nitrogens with one attached hydrogen (secondary N) is 1. The summed E-state index contributed by atoms with van der Waals surface area (Å²) in [4.78, 5) is 0. The van der Waals surface area contributed by atoms with Gasteiger partial charge in [0.1, 0.15) is 0 Å². The molecule has 0 bridgehead atoms. The van der Waals surface area contributed by atoms with Gasteiger partial charge in [0.15, 0.2) is 0 Å². The monoisotopic (exact) mass is 232 g/mol. The summed E-state index contributed by atoms with van der Waals surface area (Å²) in [6, 6.07) is 7.23. The van der Waals surface area contributed by atoms with E-state index in [1.807, 2.05) is 0 Å². The third kappa shape index (κ3) is 3.08. The first kappa shape index (κ1) is 12.6. The third-order valence-electron chi connectivity index (χ3n) is 3.82. The highest BCUT2D eigenvalue weighted by Crippen LogP contribution is 2.27. The zero-order chi connectivity index (χ0) is 12.1. The zero-order valence-electron chi connectivity index (χ0n) is 10.8. The fraction of sp³-hybridized carbons (Fsp3) is 0.600. The van der Waals surface area contributed by atoms with Crippen LogP contribution < -0.4 is 11.3 Å². The van der Waals surface area contributed by atoms with E-state index in [2.05, 4.69) is 30.5 Å². The Balaban J connectivity index is 2.03. The molecule has 0 spiro atoms. The van der Waals surface area contributed by atoms with E-state index in [4.69, 9.17) is 5.84 Å². The molecule has 0 heterocycles. The van der Waals surface area contributed by atoms with Crippen molar-refractivity contribution in [1.29, 1.82) is 0 Å². The first-order valence-electron chi connectivity index (χ1n) is 6.93. The fourth-order valence-corrected chi connectivity index (χ4v) is 2.75. The Kier molecular flexibility index (Phi) is 4.57. The van der Waals surface area contributed by atoms with Gasteiger partial charge >= 0.3 is 0 Å². The van der Waals surface area contributed by atoms with Crippen LogP contribution in [0.5, 0.6) is 0 Å². The summed E-state index contributed by atoms with van der Waals surface area (Å²) >= 11 is 0. The Morgan fingerprint density at radius 2 is 2.06 bits per heavy atom.